The molecule has 0 aromatic heterocycles. The van der Waals surface area contributed by atoms with Crippen molar-refractivity contribution in [3.05, 3.63) is 0 Å². The van der Waals surface area contributed by atoms with Gasteiger partial charge >= 0.3 is 8.56 Å². The van der Waals surface area contributed by atoms with Crippen LogP contribution >= 0.6 is 0 Å². The van der Waals surface area contributed by atoms with Crippen molar-refractivity contribution in [3.8, 4) is 0 Å². The normalized spacial score (nSPS) is 13.2. The van der Waals surface area contributed by atoms with Gasteiger partial charge in [-0.05, 0) is 31.9 Å². The van der Waals surface area contributed by atoms with Crippen molar-refractivity contribution in [1.29, 1.82) is 0 Å². The summed E-state index contributed by atoms with van der Waals surface area (Å²) in [5.74, 6) is 0. The number of rotatable bonds is 22. The fourth-order valence-corrected chi connectivity index (χ4v) is 6.64. The molecule has 0 aliphatic carbocycles. The molecule has 0 amide bonds. The molecule has 2 nitrogen and oxygen atoms in total. The highest BCUT2D eigenvalue weighted by Gasteiger charge is 2.35. The lowest BCUT2D eigenvalue weighted by Gasteiger charge is -2.32. The fourth-order valence-electron chi connectivity index (χ4n) is 3.96. The molecule has 1 atom stereocenters. The third-order valence-corrected chi connectivity index (χ3v) is 9.79. The van der Waals surface area contributed by atoms with Gasteiger partial charge in [0.2, 0.25) is 0 Å². The van der Waals surface area contributed by atoms with Crippen LogP contribution in [0.5, 0.6) is 0 Å². The first-order chi connectivity index (χ1) is 13.6. The van der Waals surface area contributed by atoms with Gasteiger partial charge in [0, 0.05) is 12.7 Å². The Morgan fingerprint density at radius 2 is 1.00 bits per heavy atom. The smallest absolute Gasteiger partial charge is 0.337 e. The van der Waals surface area contributed by atoms with Crippen LogP contribution < -0.4 is 0 Å². The van der Waals surface area contributed by atoms with E-state index in [2.05, 4.69) is 34.6 Å². The van der Waals surface area contributed by atoms with Crippen LogP contribution in [0.25, 0.3) is 0 Å². The van der Waals surface area contributed by atoms with E-state index >= 15 is 0 Å². The van der Waals surface area contributed by atoms with Crippen LogP contribution in [0.1, 0.15) is 137 Å². The molecule has 170 valence electrons. The molecule has 1 unspecified atom stereocenters. The second-order valence-corrected chi connectivity index (χ2v) is 12.5. The van der Waals surface area contributed by atoms with Crippen molar-refractivity contribution in [1.82, 2.24) is 0 Å². The second kappa shape index (κ2) is 20.4. The van der Waals surface area contributed by atoms with Gasteiger partial charge in [0.1, 0.15) is 0 Å². The monoisotopic (exact) mass is 414 g/mol. The Kier molecular flexibility index (Phi) is 20.5. The molecule has 0 aliphatic rings. The van der Waals surface area contributed by atoms with E-state index in [0.29, 0.717) is 6.10 Å². The standard InChI is InChI=1S/C25H54O2Si/c1-6-10-12-13-14-15-16-17-18-19-20-22-24-26-28(8-3,9-4)27-25(5)23-21-11-7-2/h25H,6-24H2,1-5H3. The van der Waals surface area contributed by atoms with E-state index in [0.717, 1.165) is 18.7 Å². The molecule has 0 radical (unpaired) electrons. The van der Waals surface area contributed by atoms with Crippen molar-refractivity contribution >= 4 is 8.56 Å². The molecule has 0 bridgehead atoms. The van der Waals surface area contributed by atoms with E-state index in [1.165, 1.54) is 103 Å². The lowest BCUT2D eigenvalue weighted by Crippen LogP contribution is -2.43. The Morgan fingerprint density at radius 3 is 1.46 bits per heavy atom. The van der Waals surface area contributed by atoms with Crippen LogP contribution in [0.4, 0.5) is 0 Å². The topological polar surface area (TPSA) is 18.5 Å². The van der Waals surface area contributed by atoms with Crippen LogP contribution in [-0.4, -0.2) is 21.3 Å². The minimum Gasteiger partial charge on any atom is -0.394 e. The molecule has 0 rings (SSSR count). The molecule has 0 spiro atoms. The SMILES string of the molecule is CCCCCCCCCCCCCCO[Si](CC)(CC)OC(C)CCCCC. The van der Waals surface area contributed by atoms with Crippen molar-refractivity contribution in [3.63, 3.8) is 0 Å². The van der Waals surface area contributed by atoms with Crippen LogP contribution in [0.3, 0.4) is 0 Å². The van der Waals surface area contributed by atoms with Crippen molar-refractivity contribution < 1.29 is 8.85 Å². The average molecular weight is 415 g/mol. The summed E-state index contributed by atoms with van der Waals surface area (Å²) in [6, 6.07) is 2.17. The summed E-state index contributed by atoms with van der Waals surface area (Å²) in [7, 11) is -1.97. The minimum absolute atomic E-state index is 0.361. The summed E-state index contributed by atoms with van der Waals surface area (Å²) in [5.41, 5.74) is 0. The molecule has 0 saturated heterocycles. The molecular weight excluding hydrogens is 360 g/mol. The van der Waals surface area contributed by atoms with Gasteiger partial charge in [-0.2, -0.15) is 0 Å². The Labute approximate surface area is 179 Å². The summed E-state index contributed by atoms with van der Waals surface area (Å²) >= 11 is 0. The van der Waals surface area contributed by atoms with Gasteiger partial charge in [0.05, 0.1) is 0 Å². The lowest BCUT2D eigenvalue weighted by molar-refractivity contribution is 0.114. The van der Waals surface area contributed by atoms with Gasteiger partial charge in [0.15, 0.2) is 0 Å². The maximum absolute atomic E-state index is 6.51. The predicted molar refractivity (Wildman–Crippen MR) is 128 cm³/mol. The van der Waals surface area contributed by atoms with E-state index in [1.807, 2.05) is 0 Å². The summed E-state index contributed by atoms with van der Waals surface area (Å²) in [6.45, 7) is 12.2. The number of hydrogen-bond acceptors (Lipinski definition) is 2. The van der Waals surface area contributed by atoms with Crippen LogP contribution in [-0.2, 0) is 8.85 Å². The Morgan fingerprint density at radius 1 is 0.571 bits per heavy atom. The van der Waals surface area contributed by atoms with E-state index < -0.39 is 8.56 Å². The fraction of sp³-hybridized carbons (Fsp3) is 1.00. The molecule has 0 aliphatic heterocycles. The highest BCUT2D eigenvalue weighted by atomic mass is 28.4. The number of unbranched alkanes of at least 4 members (excludes halogenated alkanes) is 13. The quantitative estimate of drug-likeness (QED) is 0.130. The van der Waals surface area contributed by atoms with Crippen molar-refractivity contribution in [2.45, 2.75) is 156 Å². The van der Waals surface area contributed by atoms with E-state index in [1.54, 1.807) is 0 Å². The van der Waals surface area contributed by atoms with Gasteiger partial charge < -0.3 is 8.85 Å². The molecule has 0 aromatic carbocycles. The first-order valence-electron chi connectivity index (χ1n) is 13.0. The summed E-state index contributed by atoms with van der Waals surface area (Å²) in [4.78, 5) is 0. The molecule has 0 saturated carbocycles. The van der Waals surface area contributed by atoms with E-state index in [9.17, 15) is 0 Å². The zero-order valence-electron chi connectivity index (χ0n) is 20.3. The van der Waals surface area contributed by atoms with Gasteiger partial charge in [-0.15, -0.1) is 0 Å². The van der Waals surface area contributed by atoms with Crippen molar-refractivity contribution in [2.24, 2.45) is 0 Å². The third kappa shape index (κ3) is 16.0. The second-order valence-electron chi connectivity index (χ2n) is 8.78. The summed E-state index contributed by atoms with van der Waals surface area (Å²) in [6.07, 6.45) is 22.2. The largest absolute Gasteiger partial charge is 0.394 e. The lowest BCUT2D eigenvalue weighted by atomic mass is 10.1. The van der Waals surface area contributed by atoms with Crippen molar-refractivity contribution in [2.75, 3.05) is 6.61 Å². The molecule has 0 aromatic rings. The van der Waals surface area contributed by atoms with Gasteiger partial charge in [0.25, 0.3) is 0 Å². The molecule has 28 heavy (non-hydrogen) atoms. The van der Waals surface area contributed by atoms with Gasteiger partial charge in [-0.1, -0.05) is 118 Å². The predicted octanol–water partition coefficient (Wildman–Crippen LogP) is 9.17. The van der Waals surface area contributed by atoms with Crippen LogP contribution in [0.2, 0.25) is 12.1 Å². The average Bonchev–Trinajstić information content (AvgIpc) is 2.70. The Bertz CT molecular complexity index is 305. The molecule has 3 heteroatoms. The minimum atomic E-state index is -1.97. The molecule has 0 fully saturated rings. The first-order valence-corrected chi connectivity index (χ1v) is 15.2. The molecule has 0 heterocycles. The zero-order chi connectivity index (χ0) is 20.9. The number of hydrogen-bond donors (Lipinski definition) is 0. The van der Waals surface area contributed by atoms with Gasteiger partial charge in [-0.3, -0.25) is 0 Å². The zero-order valence-corrected chi connectivity index (χ0v) is 21.3. The maximum atomic E-state index is 6.51. The first kappa shape index (κ1) is 28.1. The van der Waals surface area contributed by atoms with Gasteiger partial charge in [-0.25, -0.2) is 0 Å². The highest BCUT2D eigenvalue weighted by molar-refractivity contribution is 6.67. The van der Waals surface area contributed by atoms with E-state index in [4.69, 9.17) is 8.85 Å². The maximum Gasteiger partial charge on any atom is 0.337 e. The highest BCUT2D eigenvalue weighted by Crippen LogP contribution is 2.23. The Hall–Kier alpha value is 0.137. The summed E-state index contributed by atoms with van der Waals surface area (Å²) in [5, 5.41) is 0. The van der Waals surface area contributed by atoms with Crippen LogP contribution in [0.15, 0.2) is 0 Å². The van der Waals surface area contributed by atoms with Crippen LogP contribution in [0, 0.1) is 0 Å². The Balaban J connectivity index is 3.70. The van der Waals surface area contributed by atoms with E-state index in [-0.39, 0.29) is 0 Å². The third-order valence-electron chi connectivity index (χ3n) is 6.07. The summed E-state index contributed by atoms with van der Waals surface area (Å²) < 4.78 is 12.9. The molecule has 0 N–H and O–H groups in total. The molecular formula is C25H54O2Si.